The number of para-hydroxylation sites is 1. The van der Waals surface area contributed by atoms with Crippen LogP contribution in [0, 0.1) is 0 Å². The number of aromatic nitrogens is 2. The Hall–Kier alpha value is -0.770. The summed E-state index contributed by atoms with van der Waals surface area (Å²) in [4.78, 5) is 4.58. The summed E-state index contributed by atoms with van der Waals surface area (Å²) in [5.74, 6) is 0.862. The lowest BCUT2D eigenvalue weighted by molar-refractivity contribution is 0.141. The van der Waals surface area contributed by atoms with Crippen LogP contribution < -0.4 is 0 Å². The predicted molar refractivity (Wildman–Crippen MR) is 80.1 cm³/mol. The van der Waals surface area contributed by atoms with Gasteiger partial charge in [0.1, 0.15) is 5.82 Å². The van der Waals surface area contributed by atoms with Crippen LogP contribution in [0.3, 0.4) is 0 Å². The van der Waals surface area contributed by atoms with Gasteiger partial charge in [-0.05, 0) is 32.4 Å². The van der Waals surface area contributed by atoms with Crippen LogP contribution in [0.2, 0.25) is 5.02 Å². The number of benzene rings is 1. The number of ether oxygens (including phenoxy) is 1. The van der Waals surface area contributed by atoms with Gasteiger partial charge in [0.15, 0.2) is 0 Å². The van der Waals surface area contributed by atoms with Crippen molar-refractivity contribution in [3.63, 3.8) is 0 Å². The van der Waals surface area contributed by atoms with Crippen LogP contribution in [0.5, 0.6) is 0 Å². The minimum Gasteiger partial charge on any atom is -0.382 e. The summed E-state index contributed by atoms with van der Waals surface area (Å²) in [5, 5.41) is 0.570. The van der Waals surface area contributed by atoms with Crippen LogP contribution in [0.1, 0.15) is 31.5 Å². The van der Waals surface area contributed by atoms with Crippen molar-refractivity contribution >= 4 is 34.2 Å². The van der Waals surface area contributed by atoms with Gasteiger partial charge in [-0.3, -0.25) is 0 Å². The Bertz CT molecular complexity index is 552. The zero-order valence-corrected chi connectivity index (χ0v) is 12.7. The monoisotopic (exact) mass is 300 g/mol. The molecule has 1 unspecified atom stereocenters. The fraction of sp³-hybridized carbons (Fsp3) is 0.500. The van der Waals surface area contributed by atoms with Gasteiger partial charge in [0.25, 0.3) is 0 Å². The Morgan fingerprint density at radius 1 is 1.42 bits per heavy atom. The fourth-order valence-corrected chi connectivity index (χ4v) is 2.60. The molecule has 5 heteroatoms. The summed E-state index contributed by atoms with van der Waals surface area (Å²) in [7, 11) is 0. The Morgan fingerprint density at radius 3 is 2.89 bits per heavy atom. The van der Waals surface area contributed by atoms with Crippen molar-refractivity contribution in [1.82, 2.24) is 9.55 Å². The molecule has 19 heavy (non-hydrogen) atoms. The number of aryl methyl sites for hydroxylation is 1. The van der Waals surface area contributed by atoms with Crippen LogP contribution in [-0.4, -0.2) is 22.8 Å². The largest absolute Gasteiger partial charge is 0.382 e. The van der Waals surface area contributed by atoms with E-state index in [4.69, 9.17) is 27.9 Å². The van der Waals surface area contributed by atoms with Crippen molar-refractivity contribution in [1.29, 1.82) is 0 Å². The summed E-state index contributed by atoms with van der Waals surface area (Å²) >= 11 is 12.5. The molecule has 0 aliphatic heterocycles. The van der Waals surface area contributed by atoms with Crippen LogP contribution in [0.15, 0.2) is 18.2 Å². The third-order valence-electron chi connectivity index (χ3n) is 2.98. The Morgan fingerprint density at radius 2 is 2.21 bits per heavy atom. The summed E-state index contributed by atoms with van der Waals surface area (Å²) < 4.78 is 7.48. The van der Waals surface area contributed by atoms with Crippen LogP contribution in [0.4, 0.5) is 0 Å². The first-order chi connectivity index (χ1) is 9.15. The molecule has 0 fully saturated rings. The number of halogens is 2. The molecule has 2 rings (SSSR count). The molecule has 0 aliphatic rings. The Balaban J connectivity index is 2.34. The molecule has 0 N–H and O–H groups in total. The van der Waals surface area contributed by atoms with E-state index in [2.05, 4.69) is 9.55 Å². The highest BCUT2D eigenvalue weighted by Crippen LogP contribution is 2.29. The van der Waals surface area contributed by atoms with Crippen LogP contribution in [-0.2, 0) is 11.3 Å². The zero-order valence-electron chi connectivity index (χ0n) is 11.2. The van der Waals surface area contributed by atoms with Gasteiger partial charge in [0.05, 0.1) is 21.4 Å². The van der Waals surface area contributed by atoms with E-state index in [0.29, 0.717) is 5.02 Å². The first-order valence-corrected chi connectivity index (χ1v) is 7.33. The molecule has 0 bridgehead atoms. The van der Waals surface area contributed by atoms with E-state index in [1.54, 1.807) is 0 Å². The lowest BCUT2D eigenvalue weighted by Crippen LogP contribution is -2.07. The highest BCUT2D eigenvalue weighted by atomic mass is 35.5. The SMILES string of the molecule is CCOCCCn1c(C(C)Cl)nc2cccc(Cl)c21. The topological polar surface area (TPSA) is 27.1 Å². The van der Waals surface area contributed by atoms with Crippen molar-refractivity contribution in [3.05, 3.63) is 29.0 Å². The zero-order chi connectivity index (χ0) is 13.8. The second kappa shape index (κ2) is 6.60. The van der Waals surface area contributed by atoms with Crippen LogP contribution >= 0.6 is 23.2 Å². The van der Waals surface area contributed by atoms with E-state index in [0.717, 1.165) is 43.0 Å². The lowest BCUT2D eigenvalue weighted by atomic mass is 10.3. The third-order valence-corrected chi connectivity index (χ3v) is 3.48. The van der Waals surface area contributed by atoms with E-state index in [9.17, 15) is 0 Å². The van der Waals surface area contributed by atoms with Crippen molar-refractivity contribution in [2.24, 2.45) is 0 Å². The number of alkyl halides is 1. The number of imidazole rings is 1. The van der Waals surface area contributed by atoms with Crippen molar-refractivity contribution in [2.75, 3.05) is 13.2 Å². The molecular weight excluding hydrogens is 283 g/mol. The molecule has 0 radical (unpaired) electrons. The maximum atomic E-state index is 6.29. The van der Waals surface area contributed by atoms with Crippen molar-refractivity contribution < 1.29 is 4.74 Å². The summed E-state index contributed by atoms with van der Waals surface area (Å²) in [6.07, 6.45) is 0.918. The number of hydrogen-bond donors (Lipinski definition) is 0. The minimum absolute atomic E-state index is 0.143. The molecule has 0 saturated heterocycles. The van der Waals surface area contributed by atoms with E-state index < -0.39 is 0 Å². The summed E-state index contributed by atoms with van der Waals surface area (Å²) in [6, 6.07) is 5.75. The van der Waals surface area contributed by atoms with E-state index in [1.165, 1.54) is 0 Å². The van der Waals surface area contributed by atoms with Gasteiger partial charge in [-0.15, -0.1) is 11.6 Å². The van der Waals surface area contributed by atoms with Crippen molar-refractivity contribution in [3.8, 4) is 0 Å². The smallest absolute Gasteiger partial charge is 0.127 e. The highest BCUT2D eigenvalue weighted by molar-refractivity contribution is 6.35. The first-order valence-electron chi connectivity index (χ1n) is 6.51. The molecule has 1 aromatic heterocycles. The third kappa shape index (κ3) is 3.22. The van der Waals surface area contributed by atoms with E-state index >= 15 is 0 Å². The second-order valence-corrected chi connectivity index (χ2v) is 5.46. The standard InChI is InChI=1S/C14H18Cl2N2O/c1-3-19-9-5-8-18-13-11(16)6-4-7-12(13)17-14(18)10(2)15/h4,6-7,10H,3,5,8-9H2,1-2H3. The average molecular weight is 301 g/mol. The molecule has 0 aliphatic carbocycles. The quantitative estimate of drug-likeness (QED) is 0.583. The maximum Gasteiger partial charge on any atom is 0.127 e. The van der Waals surface area contributed by atoms with Crippen molar-refractivity contribution in [2.45, 2.75) is 32.2 Å². The number of hydrogen-bond acceptors (Lipinski definition) is 2. The molecule has 1 heterocycles. The average Bonchev–Trinajstić information content (AvgIpc) is 2.75. The van der Waals surface area contributed by atoms with Gasteiger partial charge in [-0.2, -0.15) is 0 Å². The molecular formula is C14H18Cl2N2O. The van der Waals surface area contributed by atoms with Gasteiger partial charge >= 0.3 is 0 Å². The summed E-state index contributed by atoms with van der Waals surface area (Å²) in [5.41, 5.74) is 1.86. The molecule has 2 aromatic rings. The number of rotatable bonds is 6. The minimum atomic E-state index is -0.143. The highest BCUT2D eigenvalue weighted by Gasteiger charge is 2.16. The van der Waals surface area contributed by atoms with E-state index in [1.807, 2.05) is 32.0 Å². The van der Waals surface area contributed by atoms with Gasteiger partial charge in [0, 0.05) is 19.8 Å². The second-order valence-electron chi connectivity index (χ2n) is 4.40. The normalized spacial score (nSPS) is 13.1. The fourth-order valence-electron chi connectivity index (χ4n) is 2.16. The first kappa shape index (κ1) is 14.6. The lowest BCUT2D eigenvalue weighted by Gasteiger charge is -2.11. The number of fused-ring (bicyclic) bond motifs is 1. The summed E-state index contributed by atoms with van der Waals surface area (Å²) in [6.45, 7) is 6.21. The van der Waals surface area contributed by atoms with Gasteiger partial charge in [0.2, 0.25) is 0 Å². The number of nitrogens with zero attached hydrogens (tertiary/aromatic N) is 2. The molecule has 104 valence electrons. The van der Waals surface area contributed by atoms with Gasteiger partial charge < -0.3 is 9.30 Å². The molecule has 0 amide bonds. The maximum absolute atomic E-state index is 6.29. The molecule has 0 spiro atoms. The Labute approximate surface area is 123 Å². The predicted octanol–water partition coefficient (Wildman–Crippen LogP) is 4.42. The molecule has 0 saturated carbocycles. The van der Waals surface area contributed by atoms with Crippen LogP contribution in [0.25, 0.3) is 11.0 Å². The van der Waals surface area contributed by atoms with E-state index in [-0.39, 0.29) is 5.38 Å². The van der Waals surface area contributed by atoms with Gasteiger partial charge in [-0.1, -0.05) is 17.7 Å². The van der Waals surface area contributed by atoms with Gasteiger partial charge in [-0.25, -0.2) is 4.98 Å². The molecule has 1 atom stereocenters. The Kier molecular flexibility index (Phi) is 5.08. The molecule has 1 aromatic carbocycles. The molecule has 3 nitrogen and oxygen atoms in total.